The summed E-state index contributed by atoms with van der Waals surface area (Å²) in [4.78, 5) is 2.28. The molecule has 6 heteroatoms. The van der Waals surface area contributed by atoms with Crippen LogP contribution in [0.4, 0.5) is 13.2 Å². The van der Waals surface area contributed by atoms with Crippen molar-refractivity contribution in [2.24, 2.45) is 0 Å². The van der Waals surface area contributed by atoms with E-state index in [4.69, 9.17) is 11.6 Å². The second kappa shape index (κ2) is 7.13. The van der Waals surface area contributed by atoms with Crippen molar-refractivity contribution in [3.8, 4) is 0 Å². The molecule has 0 aromatic heterocycles. The lowest BCUT2D eigenvalue weighted by molar-refractivity contribution is -0.137. The first-order valence-electron chi connectivity index (χ1n) is 7.82. The second-order valence-electron chi connectivity index (χ2n) is 5.86. The van der Waals surface area contributed by atoms with Gasteiger partial charge in [-0.25, -0.2) is 0 Å². The highest BCUT2D eigenvalue weighted by atomic mass is 35.5. The van der Waals surface area contributed by atoms with Gasteiger partial charge in [0, 0.05) is 31.2 Å². The van der Waals surface area contributed by atoms with Crippen LogP contribution in [0.2, 0.25) is 5.02 Å². The van der Waals surface area contributed by atoms with E-state index in [9.17, 15) is 13.2 Å². The van der Waals surface area contributed by atoms with Crippen molar-refractivity contribution in [1.29, 1.82) is 0 Å². The molecule has 3 rings (SSSR count). The first-order valence-corrected chi connectivity index (χ1v) is 8.20. The van der Waals surface area contributed by atoms with Gasteiger partial charge < -0.3 is 5.32 Å². The number of rotatable bonds is 3. The van der Waals surface area contributed by atoms with Crippen molar-refractivity contribution >= 4 is 11.6 Å². The number of hydrogen-bond donors (Lipinski definition) is 1. The topological polar surface area (TPSA) is 15.3 Å². The SMILES string of the molecule is FC(F)(F)c1ccc(C(c2ccc(Cl)cc2)N2CCNCC2)cc1. The standard InChI is InChI=1S/C18H18ClF3N2/c19-16-7-3-14(4-8-16)17(24-11-9-23-10-12-24)13-1-5-15(6-2-13)18(20,21)22/h1-8,17,23H,9-12H2. The third-order valence-electron chi connectivity index (χ3n) is 4.26. The summed E-state index contributed by atoms with van der Waals surface area (Å²) in [5.74, 6) is 0. The molecule has 1 heterocycles. The van der Waals surface area contributed by atoms with Gasteiger partial charge in [0.15, 0.2) is 0 Å². The molecule has 1 N–H and O–H groups in total. The zero-order valence-electron chi connectivity index (χ0n) is 13.0. The lowest BCUT2D eigenvalue weighted by atomic mass is 9.95. The van der Waals surface area contributed by atoms with Crippen molar-refractivity contribution in [2.75, 3.05) is 26.2 Å². The number of nitrogens with one attached hydrogen (secondary N) is 1. The quantitative estimate of drug-likeness (QED) is 0.881. The minimum absolute atomic E-state index is 0.0772. The van der Waals surface area contributed by atoms with Gasteiger partial charge >= 0.3 is 6.18 Å². The average Bonchev–Trinajstić information content (AvgIpc) is 2.58. The fourth-order valence-corrected chi connectivity index (χ4v) is 3.18. The van der Waals surface area contributed by atoms with E-state index >= 15 is 0 Å². The van der Waals surface area contributed by atoms with E-state index in [1.165, 1.54) is 0 Å². The van der Waals surface area contributed by atoms with E-state index in [1.807, 2.05) is 24.3 Å². The van der Waals surface area contributed by atoms with Crippen LogP contribution in [-0.4, -0.2) is 31.1 Å². The Morgan fingerprint density at radius 3 is 1.88 bits per heavy atom. The highest BCUT2D eigenvalue weighted by Gasteiger charge is 2.31. The maximum Gasteiger partial charge on any atom is 0.416 e. The van der Waals surface area contributed by atoms with E-state index in [1.54, 1.807) is 12.1 Å². The molecule has 0 aliphatic carbocycles. The fourth-order valence-electron chi connectivity index (χ4n) is 3.05. The summed E-state index contributed by atoms with van der Waals surface area (Å²) in [6, 6.07) is 12.9. The zero-order valence-corrected chi connectivity index (χ0v) is 13.7. The van der Waals surface area contributed by atoms with Crippen LogP contribution in [-0.2, 0) is 6.18 Å². The first-order chi connectivity index (χ1) is 11.4. The summed E-state index contributed by atoms with van der Waals surface area (Å²) in [5.41, 5.74) is 1.26. The van der Waals surface area contributed by atoms with E-state index in [2.05, 4.69) is 10.2 Å². The molecule has 0 bridgehead atoms. The van der Waals surface area contributed by atoms with Gasteiger partial charge in [0.2, 0.25) is 0 Å². The molecule has 128 valence electrons. The van der Waals surface area contributed by atoms with Crippen LogP contribution in [0.1, 0.15) is 22.7 Å². The minimum atomic E-state index is -4.32. The van der Waals surface area contributed by atoms with E-state index in [-0.39, 0.29) is 6.04 Å². The molecular weight excluding hydrogens is 337 g/mol. The number of halogens is 4. The number of nitrogens with zero attached hydrogens (tertiary/aromatic N) is 1. The average molecular weight is 355 g/mol. The molecule has 2 aromatic rings. The molecule has 1 aliphatic rings. The molecule has 1 saturated heterocycles. The molecule has 0 saturated carbocycles. The Morgan fingerprint density at radius 2 is 1.38 bits per heavy atom. The molecule has 1 atom stereocenters. The Balaban J connectivity index is 1.96. The van der Waals surface area contributed by atoms with Crippen molar-refractivity contribution in [3.05, 3.63) is 70.2 Å². The summed E-state index contributed by atoms with van der Waals surface area (Å²) in [5, 5.41) is 3.94. The number of piperazine rings is 1. The highest BCUT2D eigenvalue weighted by Crippen LogP contribution is 2.33. The molecule has 2 aromatic carbocycles. The second-order valence-corrected chi connectivity index (χ2v) is 6.30. The molecule has 1 fully saturated rings. The molecule has 0 radical (unpaired) electrons. The van der Waals surface area contributed by atoms with Gasteiger partial charge in [-0.1, -0.05) is 35.9 Å². The van der Waals surface area contributed by atoms with Crippen LogP contribution in [0.5, 0.6) is 0 Å². The highest BCUT2D eigenvalue weighted by molar-refractivity contribution is 6.30. The van der Waals surface area contributed by atoms with Crippen molar-refractivity contribution in [2.45, 2.75) is 12.2 Å². The number of hydrogen-bond acceptors (Lipinski definition) is 2. The van der Waals surface area contributed by atoms with Crippen LogP contribution in [0.15, 0.2) is 48.5 Å². The predicted molar refractivity (Wildman–Crippen MR) is 89.2 cm³/mol. The minimum Gasteiger partial charge on any atom is -0.314 e. The van der Waals surface area contributed by atoms with E-state index < -0.39 is 11.7 Å². The number of alkyl halides is 3. The van der Waals surface area contributed by atoms with Gasteiger partial charge in [0.1, 0.15) is 0 Å². The van der Waals surface area contributed by atoms with Gasteiger partial charge in [-0.3, -0.25) is 4.90 Å². The van der Waals surface area contributed by atoms with Crippen LogP contribution in [0.25, 0.3) is 0 Å². The molecular formula is C18H18ClF3N2. The van der Waals surface area contributed by atoms with Gasteiger partial charge in [-0.2, -0.15) is 13.2 Å². The molecule has 24 heavy (non-hydrogen) atoms. The smallest absolute Gasteiger partial charge is 0.314 e. The Morgan fingerprint density at radius 1 is 0.875 bits per heavy atom. The lowest BCUT2D eigenvalue weighted by Crippen LogP contribution is -2.45. The van der Waals surface area contributed by atoms with Crippen molar-refractivity contribution in [3.63, 3.8) is 0 Å². The third kappa shape index (κ3) is 3.91. The predicted octanol–water partition coefficient (Wildman–Crippen LogP) is 4.35. The van der Waals surface area contributed by atoms with Crippen LogP contribution in [0, 0.1) is 0 Å². The Bertz CT molecular complexity index is 662. The van der Waals surface area contributed by atoms with Gasteiger partial charge in [-0.05, 0) is 35.4 Å². The van der Waals surface area contributed by atoms with E-state index in [0.29, 0.717) is 5.02 Å². The molecule has 2 nitrogen and oxygen atoms in total. The largest absolute Gasteiger partial charge is 0.416 e. The summed E-state index contributed by atoms with van der Waals surface area (Å²) in [7, 11) is 0. The first kappa shape index (κ1) is 17.3. The van der Waals surface area contributed by atoms with Gasteiger partial charge in [-0.15, -0.1) is 0 Å². The van der Waals surface area contributed by atoms with Crippen molar-refractivity contribution in [1.82, 2.24) is 10.2 Å². The molecule has 1 unspecified atom stereocenters. The summed E-state index contributed by atoms with van der Waals surface area (Å²) < 4.78 is 38.4. The Labute approximate surface area is 144 Å². The van der Waals surface area contributed by atoms with Gasteiger partial charge in [0.05, 0.1) is 11.6 Å². The summed E-state index contributed by atoms with van der Waals surface area (Å²) in [6.45, 7) is 3.41. The fraction of sp³-hybridized carbons (Fsp3) is 0.333. The Hall–Kier alpha value is -1.56. The summed E-state index contributed by atoms with van der Waals surface area (Å²) in [6.07, 6.45) is -4.32. The Kier molecular flexibility index (Phi) is 5.13. The normalized spacial score (nSPS) is 17.7. The lowest BCUT2D eigenvalue weighted by Gasteiger charge is -2.35. The molecule has 0 spiro atoms. The maximum absolute atomic E-state index is 12.8. The number of benzene rings is 2. The maximum atomic E-state index is 12.8. The molecule has 0 amide bonds. The monoisotopic (exact) mass is 354 g/mol. The van der Waals surface area contributed by atoms with Crippen molar-refractivity contribution < 1.29 is 13.2 Å². The summed E-state index contributed by atoms with van der Waals surface area (Å²) >= 11 is 5.97. The van der Waals surface area contributed by atoms with E-state index in [0.717, 1.165) is 49.4 Å². The van der Waals surface area contributed by atoms with Gasteiger partial charge in [0.25, 0.3) is 0 Å². The van der Waals surface area contributed by atoms with Crippen LogP contribution in [0.3, 0.4) is 0 Å². The molecule has 1 aliphatic heterocycles. The van der Waals surface area contributed by atoms with Crippen LogP contribution < -0.4 is 5.32 Å². The third-order valence-corrected chi connectivity index (χ3v) is 4.51. The van der Waals surface area contributed by atoms with Crippen LogP contribution >= 0.6 is 11.6 Å². The zero-order chi connectivity index (χ0) is 17.2.